The van der Waals surface area contributed by atoms with Crippen LogP contribution >= 0.6 is 0 Å². The van der Waals surface area contributed by atoms with Crippen molar-refractivity contribution in [3.63, 3.8) is 0 Å². The van der Waals surface area contributed by atoms with E-state index >= 15 is 0 Å². The average Bonchev–Trinajstić information content (AvgIpc) is 2.43. The highest BCUT2D eigenvalue weighted by Gasteiger charge is 2.05. The Balaban J connectivity index is 2.32. The zero-order valence-corrected chi connectivity index (χ0v) is 8.14. The number of aryl methyl sites for hydroxylation is 1. The number of nitrogens with one attached hydrogen (secondary N) is 1. The lowest BCUT2D eigenvalue weighted by atomic mass is 10.1. The minimum absolute atomic E-state index is 0.422. The van der Waals surface area contributed by atoms with Crippen LogP contribution in [0.1, 0.15) is 38.3 Å². The van der Waals surface area contributed by atoms with Gasteiger partial charge in [-0.05, 0) is 12.8 Å². The van der Waals surface area contributed by atoms with Gasteiger partial charge in [0.1, 0.15) is 0 Å². The Kier molecular flexibility index (Phi) is 3.61. The SMILES string of the molecule is CCCCCCc1[nH]nc(N)c1N. The molecule has 4 nitrogen and oxygen atoms in total. The highest BCUT2D eigenvalue weighted by atomic mass is 15.2. The first-order valence-corrected chi connectivity index (χ1v) is 4.84. The van der Waals surface area contributed by atoms with Gasteiger partial charge in [-0.2, -0.15) is 5.10 Å². The number of nitrogens with zero attached hydrogens (tertiary/aromatic N) is 1. The number of aromatic amines is 1. The summed E-state index contributed by atoms with van der Waals surface area (Å²) >= 11 is 0. The van der Waals surface area contributed by atoms with Crippen LogP contribution in [0.25, 0.3) is 0 Å². The van der Waals surface area contributed by atoms with Gasteiger partial charge < -0.3 is 11.5 Å². The summed E-state index contributed by atoms with van der Waals surface area (Å²) in [6.45, 7) is 2.20. The Morgan fingerprint density at radius 3 is 2.54 bits per heavy atom. The summed E-state index contributed by atoms with van der Waals surface area (Å²) < 4.78 is 0. The molecule has 4 heteroatoms. The Bertz CT molecular complexity index is 254. The molecule has 0 radical (unpaired) electrons. The summed E-state index contributed by atoms with van der Waals surface area (Å²) in [7, 11) is 0. The van der Waals surface area contributed by atoms with Crippen LogP contribution in [0.4, 0.5) is 11.5 Å². The summed E-state index contributed by atoms with van der Waals surface area (Å²) in [4.78, 5) is 0. The predicted molar refractivity (Wildman–Crippen MR) is 55.3 cm³/mol. The fourth-order valence-corrected chi connectivity index (χ4v) is 1.32. The number of nitrogen functional groups attached to an aromatic ring is 2. The monoisotopic (exact) mass is 182 g/mol. The van der Waals surface area contributed by atoms with Crippen molar-refractivity contribution in [2.75, 3.05) is 11.5 Å². The minimum Gasteiger partial charge on any atom is -0.394 e. The van der Waals surface area contributed by atoms with Crippen molar-refractivity contribution in [2.45, 2.75) is 39.0 Å². The van der Waals surface area contributed by atoms with E-state index in [1.165, 1.54) is 19.3 Å². The van der Waals surface area contributed by atoms with Crippen LogP contribution in [0.5, 0.6) is 0 Å². The maximum Gasteiger partial charge on any atom is 0.168 e. The number of hydrogen-bond donors (Lipinski definition) is 3. The zero-order valence-electron chi connectivity index (χ0n) is 8.14. The van der Waals surface area contributed by atoms with Gasteiger partial charge in [-0.15, -0.1) is 0 Å². The largest absolute Gasteiger partial charge is 0.394 e. The summed E-state index contributed by atoms with van der Waals surface area (Å²) in [6, 6.07) is 0. The lowest BCUT2D eigenvalue weighted by molar-refractivity contribution is 0.660. The molecule has 0 bridgehead atoms. The molecule has 0 amide bonds. The topological polar surface area (TPSA) is 80.7 Å². The molecule has 1 aromatic rings. The van der Waals surface area contributed by atoms with Crippen molar-refractivity contribution >= 4 is 11.5 Å². The fraction of sp³-hybridized carbons (Fsp3) is 0.667. The number of aromatic nitrogens is 2. The van der Waals surface area contributed by atoms with Crippen molar-refractivity contribution in [3.05, 3.63) is 5.69 Å². The summed E-state index contributed by atoms with van der Waals surface area (Å²) in [5.74, 6) is 0.422. The molecule has 0 aliphatic rings. The summed E-state index contributed by atoms with van der Waals surface area (Å²) in [5, 5.41) is 6.69. The third kappa shape index (κ3) is 2.65. The van der Waals surface area contributed by atoms with E-state index in [1.54, 1.807) is 0 Å². The molecule has 0 spiro atoms. The number of unbranched alkanes of at least 4 members (excludes halogenated alkanes) is 3. The molecule has 1 aromatic heterocycles. The Hall–Kier alpha value is -1.19. The Labute approximate surface area is 78.7 Å². The van der Waals surface area contributed by atoms with E-state index in [1.807, 2.05) is 0 Å². The molecule has 13 heavy (non-hydrogen) atoms. The third-order valence-corrected chi connectivity index (χ3v) is 2.19. The molecule has 74 valence electrons. The fourth-order valence-electron chi connectivity index (χ4n) is 1.32. The van der Waals surface area contributed by atoms with Crippen LogP contribution in [0.15, 0.2) is 0 Å². The normalized spacial score (nSPS) is 10.5. The van der Waals surface area contributed by atoms with Crippen LogP contribution in [-0.4, -0.2) is 10.2 Å². The van der Waals surface area contributed by atoms with E-state index in [4.69, 9.17) is 11.5 Å². The number of H-pyrrole nitrogens is 1. The van der Waals surface area contributed by atoms with Crippen molar-refractivity contribution in [1.82, 2.24) is 10.2 Å². The molecule has 0 atom stereocenters. The maximum atomic E-state index is 5.70. The lowest BCUT2D eigenvalue weighted by Gasteiger charge is -1.98. The molecule has 1 heterocycles. The lowest BCUT2D eigenvalue weighted by Crippen LogP contribution is -1.95. The van der Waals surface area contributed by atoms with Crippen LogP contribution in [0, 0.1) is 0 Å². The van der Waals surface area contributed by atoms with Crippen molar-refractivity contribution in [1.29, 1.82) is 0 Å². The van der Waals surface area contributed by atoms with E-state index in [2.05, 4.69) is 17.1 Å². The molecule has 0 saturated carbocycles. The molecular weight excluding hydrogens is 164 g/mol. The quantitative estimate of drug-likeness (QED) is 0.606. The van der Waals surface area contributed by atoms with E-state index in [9.17, 15) is 0 Å². The van der Waals surface area contributed by atoms with Gasteiger partial charge in [0.15, 0.2) is 5.82 Å². The van der Waals surface area contributed by atoms with E-state index in [0.717, 1.165) is 18.5 Å². The van der Waals surface area contributed by atoms with Gasteiger partial charge >= 0.3 is 0 Å². The first kappa shape index (κ1) is 9.89. The molecule has 1 rings (SSSR count). The zero-order chi connectivity index (χ0) is 9.68. The second-order valence-electron chi connectivity index (χ2n) is 3.31. The molecule has 0 saturated heterocycles. The molecule has 0 unspecified atom stereocenters. The summed E-state index contributed by atoms with van der Waals surface area (Å²) in [5.41, 5.74) is 12.8. The van der Waals surface area contributed by atoms with Gasteiger partial charge in [-0.25, -0.2) is 0 Å². The van der Waals surface area contributed by atoms with Crippen molar-refractivity contribution < 1.29 is 0 Å². The van der Waals surface area contributed by atoms with Gasteiger partial charge in [0.2, 0.25) is 0 Å². The molecule has 5 N–H and O–H groups in total. The third-order valence-electron chi connectivity index (χ3n) is 2.19. The average molecular weight is 182 g/mol. The molecular formula is C9H18N4. The van der Waals surface area contributed by atoms with Crippen LogP contribution in [-0.2, 0) is 6.42 Å². The van der Waals surface area contributed by atoms with Crippen LogP contribution in [0.3, 0.4) is 0 Å². The maximum absolute atomic E-state index is 5.70. The van der Waals surface area contributed by atoms with E-state index in [0.29, 0.717) is 11.5 Å². The van der Waals surface area contributed by atoms with Crippen molar-refractivity contribution in [2.24, 2.45) is 0 Å². The van der Waals surface area contributed by atoms with E-state index < -0.39 is 0 Å². The minimum atomic E-state index is 0.422. The van der Waals surface area contributed by atoms with Gasteiger partial charge in [0, 0.05) is 0 Å². The first-order chi connectivity index (χ1) is 6.25. The van der Waals surface area contributed by atoms with Gasteiger partial charge in [0.25, 0.3) is 0 Å². The second kappa shape index (κ2) is 4.74. The first-order valence-electron chi connectivity index (χ1n) is 4.84. The van der Waals surface area contributed by atoms with Gasteiger partial charge in [0.05, 0.1) is 11.4 Å². The smallest absolute Gasteiger partial charge is 0.168 e. The Morgan fingerprint density at radius 1 is 1.23 bits per heavy atom. The highest BCUT2D eigenvalue weighted by Crippen LogP contribution is 2.17. The highest BCUT2D eigenvalue weighted by molar-refractivity contribution is 5.61. The van der Waals surface area contributed by atoms with Gasteiger partial charge in [-0.3, -0.25) is 5.10 Å². The number of hydrogen-bond acceptors (Lipinski definition) is 3. The summed E-state index contributed by atoms with van der Waals surface area (Å²) in [6.07, 6.45) is 5.88. The molecule has 0 aliphatic heterocycles. The molecule has 0 aromatic carbocycles. The predicted octanol–water partition coefficient (Wildman–Crippen LogP) is 1.70. The number of rotatable bonds is 5. The Morgan fingerprint density at radius 2 is 2.00 bits per heavy atom. The molecule has 0 aliphatic carbocycles. The van der Waals surface area contributed by atoms with Gasteiger partial charge in [-0.1, -0.05) is 26.2 Å². The second-order valence-corrected chi connectivity index (χ2v) is 3.31. The standard InChI is InChI=1S/C9H18N4/c1-2-3-4-5-6-7-8(10)9(11)13-12-7/h2-6,10H2,1H3,(H3,11,12,13). The van der Waals surface area contributed by atoms with Crippen LogP contribution in [0.2, 0.25) is 0 Å². The van der Waals surface area contributed by atoms with E-state index in [-0.39, 0.29) is 0 Å². The number of nitrogens with two attached hydrogens (primary N) is 2. The molecule has 0 fully saturated rings. The van der Waals surface area contributed by atoms with Crippen LogP contribution < -0.4 is 11.5 Å². The van der Waals surface area contributed by atoms with Crippen molar-refractivity contribution in [3.8, 4) is 0 Å². The number of anilines is 2.